The van der Waals surface area contributed by atoms with Crippen LogP contribution < -0.4 is 0 Å². The number of aromatic amines is 1. The van der Waals surface area contributed by atoms with E-state index in [9.17, 15) is 5.11 Å². The van der Waals surface area contributed by atoms with Gasteiger partial charge in [-0.15, -0.1) is 0 Å². The molecule has 0 bridgehead atoms. The molecular formula is C19H28N4O. The monoisotopic (exact) mass is 328 g/mol. The number of hydrogen-bond donors (Lipinski definition) is 2. The molecular weight excluding hydrogens is 300 g/mol. The summed E-state index contributed by atoms with van der Waals surface area (Å²) < 4.78 is 0. The summed E-state index contributed by atoms with van der Waals surface area (Å²) in [5, 5.41) is 10.4. The molecule has 5 heteroatoms. The normalized spacial score (nSPS) is 18.2. The van der Waals surface area contributed by atoms with Gasteiger partial charge in [0.2, 0.25) is 0 Å². The van der Waals surface area contributed by atoms with Gasteiger partial charge in [-0.2, -0.15) is 0 Å². The first-order valence-electron chi connectivity index (χ1n) is 8.90. The first-order chi connectivity index (χ1) is 11.5. The van der Waals surface area contributed by atoms with E-state index in [1.54, 1.807) is 12.4 Å². The van der Waals surface area contributed by atoms with Crippen molar-refractivity contribution in [3.63, 3.8) is 0 Å². The molecule has 1 atom stereocenters. The van der Waals surface area contributed by atoms with Crippen molar-refractivity contribution >= 4 is 0 Å². The lowest BCUT2D eigenvalue weighted by atomic mass is 9.90. The van der Waals surface area contributed by atoms with Gasteiger partial charge in [0, 0.05) is 30.3 Å². The summed E-state index contributed by atoms with van der Waals surface area (Å²) in [5.41, 5.74) is 3.61. The molecule has 24 heavy (non-hydrogen) atoms. The minimum absolute atomic E-state index is 0.287. The number of imidazole rings is 1. The van der Waals surface area contributed by atoms with Gasteiger partial charge in [-0.25, -0.2) is 4.98 Å². The molecule has 1 fully saturated rings. The van der Waals surface area contributed by atoms with Crippen LogP contribution in [0.25, 0.3) is 0 Å². The SMILES string of the molecule is Cc1nc(C(C)C)ccc1CN1CCC(C(O)c2ncc[nH]2)CC1. The third-order valence-corrected chi connectivity index (χ3v) is 5.08. The smallest absolute Gasteiger partial charge is 0.135 e. The Morgan fingerprint density at radius 1 is 1.29 bits per heavy atom. The minimum Gasteiger partial charge on any atom is -0.385 e. The van der Waals surface area contributed by atoms with Crippen LogP contribution in [0.3, 0.4) is 0 Å². The number of aliphatic hydroxyl groups excluding tert-OH is 1. The molecule has 5 nitrogen and oxygen atoms in total. The fraction of sp³-hybridized carbons (Fsp3) is 0.579. The van der Waals surface area contributed by atoms with Crippen molar-refractivity contribution in [2.75, 3.05) is 13.1 Å². The van der Waals surface area contributed by atoms with Gasteiger partial charge < -0.3 is 10.1 Å². The summed E-state index contributed by atoms with van der Waals surface area (Å²) >= 11 is 0. The first-order valence-corrected chi connectivity index (χ1v) is 8.90. The van der Waals surface area contributed by atoms with Crippen molar-refractivity contribution in [3.8, 4) is 0 Å². The van der Waals surface area contributed by atoms with Gasteiger partial charge in [0.25, 0.3) is 0 Å². The summed E-state index contributed by atoms with van der Waals surface area (Å²) in [4.78, 5) is 14.4. The maximum atomic E-state index is 10.4. The number of H-pyrrole nitrogens is 1. The Morgan fingerprint density at radius 3 is 2.62 bits per heavy atom. The van der Waals surface area contributed by atoms with Gasteiger partial charge in [-0.3, -0.25) is 9.88 Å². The van der Waals surface area contributed by atoms with Gasteiger partial charge in [-0.1, -0.05) is 19.9 Å². The lowest BCUT2D eigenvalue weighted by Crippen LogP contribution is -2.35. The number of rotatable bonds is 5. The van der Waals surface area contributed by atoms with E-state index in [-0.39, 0.29) is 5.92 Å². The molecule has 3 heterocycles. The predicted octanol–water partition coefficient (Wildman–Crippen LogP) is 3.18. The maximum absolute atomic E-state index is 10.4. The number of aliphatic hydroxyl groups is 1. The van der Waals surface area contributed by atoms with Crippen LogP contribution in [0.2, 0.25) is 0 Å². The molecule has 2 N–H and O–H groups in total. The zero-order valence-corrected chi connectivity index (χ0v) is 14.9. The number of pyridine rings is 1. The van der Waals surface area contributed by atoms with Crippen molar-refractivity contribution < 1.29 is 5.11 Å². The Bertz CT molecular complexity index is 645. The van der Waals surface area contributed by atoms with Gasteiger partial charge in [-0.05, 0) is 56.3 Å². The third kappa shape index (κ3) is 3.84. The quantitative estimate of drug-likeness (QED) is 0.885. The average molecular weight is 328 g/mol. The second kappa shape index (κ2) is 7.45. The van der Waals surface area contributed by atoms with E-state index in [2.05, 4.69) is 47.8 Å². The summed E-state index contributed by atoms with van der Waals surface area (Å²) in [7, 11) is 0. The number of likely N-dealkylation sites (tertiary alicyclic amines) is 1. The number of hydrogen-bond acceptors (Lipinski definition) is 4. The van der Waals surface area contributed by atoms with E-state index in [1.807, 2.05) is 0 Å². The number of nitrogens with one attached hydrogen (secondary N) is 1. The molecule has 1 unspecified atom stereocenters. The maximum Gasteiger partial charge on any atom is 0.135 e. The second-order valence-electron chi connectivity index (χ2n) is 7.17. The molecule has 0 aromatic carbocycles. The molecule has 3 rings (SSSR count). The van der Waals surface area contributed by atoms with Crippen LogP contribution >= 0.6 is 0 Å². The Kier molecular flexibility index (Phi) is 5.31. The standard InChI is InChI=1S/C19H28N4O/c1-13(2)17-5-4-16(14(3)22-17)12-23-10-6-15(7-11-23)18(24)19-20-8-9-21-19/h4-5,8-9,13,15,18,24H,6-7,10-12H2,1-3H3,(H,20,21). The fourth-order valence-electron chi connectivity index (χ4n) is 3.43. The van der Waals surface area contributed by atoms with E-state index in [0.717, 1.165) is 43.9 Å². The Hall–Kier alpha value is -1.72. The highest BCUT2D eigenvalue weighted by Gasteiger charge is 2.27. The van der Waals surface area contributed by atoms with Crippen LogP contribution in [0, 0.1) is 12.8 Å². The van der Waals surface area contributed by atoms with E-state index >= 15 is 0 Å². The predicted molar refractivity (Wildman–Crippen MR) is 94.6 cm³/mol. The van der Waals surface area contributed by atoms with Crippen LogP contribution in [0.15, 0.2) is 24.5 Å². The van der Waals surface area contributed by atoms with E-state index < -0.39 is 6.10 Å². The van der Waals surface area contributed by atoms with Gasteiger partial charge >= 0.3 is 0 Å². The molecule has 0 radical (unpaired) electrons. The van der Waals surface area contributed by atoms with Crippen LogP contribution in [0.1, 0.15) is 61.5 Å². The highest BCUT2D eigenvalue weighted by molar-refractivity contribution is 5.23. The molecule has 0 aliphatic carbocycles. The summed E-state index contributed by atoms with van der Waals surface area (Å²) in [5.74, 6) is 1.45. The van der Waals surface area contributed by atoms with Crippen LogP contribution in [0.5, 0.6) is 0 Å². The summed E-state index contributed by atoms with van der Waals surface area (Å²) in [6.07, 6.45) is 4.99. The summed E-state index contributed by atoms with van der Waals surface area (Å²) in [6, 6.07) is 4.38. The second-order valence-corrected chi connectivity index (χ2v) is 7.17. The molecule has 2 aromatic rings. The first kappa shape index (κ1) is 17.1. The number of aryl methyl sites for hydroxylation is 1. The zero-order chi connectivity index (χ0) is 17.1. The Labute approximate surface area is 144 Å². The lowest BCUT2D eigenvalue weighted by molar-refractivity contribution is 0.0514. The van der Waals surface area contributed by atoms with Crippen molar-refractivity contribution in [3.05, 3.63) is 47.3 Å². The molecule has 1 aliphatic heterocycles. The summed E-state index contributed by atoms with van der Waals surface area (Å²) in [6.45, 7) is 9.42. The van der Waals surface area contributed by atoms with Crippen molar-refractivity contribution in [1.82, 2.24) is 19.9 Å². The van der Waals surface area contributed by atoms with E-state index in [0.29, 0.717) is 11.7 Å². The van der Waals surface area contributed by atoms with E-state index in [4.69, 9.17) is 4.98 Å². The van der Waals surface area contributed by atoms with Gasteiger partial charge in [0.05, 0.1) is 0 Å². The molecule has 2 aromatic heterocycles. The molecule has 0 amide bonds. The number of aromatic nitrogens is 3. The van der Waals surface area contributed by atoms with Gasteiger partial charge in [0.15, 0.2) is 0 Å². The Balaban J connectivity index is 1.56. The molecule has 130 valence electrons. The highest BCUT2D eigenvalue weighted by atomic mass is 16.3. The van der Waals surface area contributed by atoms with Crippen molar-refractivity contribution in [2.24, 2.45) is 5.92 Å². The van der Waals surface area contributed by atoms with Crippen molar-refractivity contribution in [2.45, 2.75) is 52.2 Å². The van der Waals surface area contributed by atoms with Crippen LogP contribution in [-0.4, -0.2) is 38.0 Å². The highest BCUT2D eigenvalue weighted by Crippen LogP contribution is 2.29. The van der Waals surface area contributed by atoms with Crippen LogP contribution in [0.4, 0.5) is 0 Å². The minimum atomic E-state index is -0.476. The molecule has 1 saturated heterocycles. The lowest BCUT2D eigenvalue weighted by Gasteiger charge is -2.33. The zero-order valence-electron chi connectivity index (χ0n) is 14.9. The molecule has 0 saturated carbocycles. The van der Waals surface area contributed by atoms with Crippen LogP contribution in [-0.2, 0) is 6.54 Å². The number of nitrogens with zero attached hydrogens (tertiary/aromatic N) is 3. The van der Waals surface area contributed by atoms with E-state index in [1.165, 1.54) is 5.56 Å². The average Bonchev–Trinajstić information content (AvgIpc) is 3.11. The van der Waals surface area contributed by atoms with Gasteiger partial charge in [0.1, 0.15) is 11.9 Å². The molecule has 0 spiro atoms. The van der Waals surface area contributed by atoms with Crippen molar-refractivity contribution in [1.29, 1.82) is 0 Å². The largest absolute Gasteiger partial charge is 0.385 e. The Morgan fingerprint density at radius 2 is 2.04 bits per heavy atom. The number of piperidine rings is 1. The fourth-order valence-corrected chi connectivity index (χ4v) is 3.43. The third-order valence-electron chi connectivity index (χ3n) is 5.08. The topological polar surface area (TPSA) is 65.0 Å². The molecule has 1 aliphatic rings.